The van der Waals surface area contributed by atoms with Gasteiger partial charge >= 0.3 is 17.9 Å². The number of carbonyl (C=O) groups excluding carboxylic acids is 4. The van der Waals surface area contributed by atoms with Gasteiger partial charge in [-0.1, -0.05) is 39.5 Å². The van der Waals surface area contributed by atoms with Crippen molar-refractivity contribution in [3.63, 3.8) is 0 Å². The fourth-order valence-electron chi connectivity index (χ4n) is 5.16. The molecule has 240 valence electrons. The molecule has 3 rings (SSSR count). The molecule has 2 heterocycles. The van der Waals surface area contributed by atoms with Crippen molar-refractivity contribution in [2.75, 3.05) is 40.3 Å². The van der Waals surface area contributed by atoms with Crippen molar-refractivity contribution >= 4 is 23.8 Å². The summed E-state index contributed by atoms with van der Waals surface area (Å²) in [5, 5.41) is 2.61. The van der Waals surface area contributed by atoms with Crippen molar-refractivity contribution in [1.82, 2.24) is 10.3 Å². The smallest absolute Gasteiger partial charge is 0.334 e. The van der Waals surface area contributed by atoms with Crippen molar-refractivity contribution in [3.05, 3.63) is 18.0 Å². The average molecular weight is 609 g/mol. The van der Waals surface area contributed by atoms with E-state index in [2.05, 4.69) is 10.3 Å². The summed E-state index contributed by atoms with van der Waals surface area (Å²) < 4.78 is 38.4. The number of aromatic nitrogens is 1. The number of esters is 3. The van der Waals surface area contributed by atoms with Crippen LogP contribution in [0.25, 0.3) is 0 Å². The fourth-order valence-corrected chi connectivity index (χ4v) is 5.16. The molecular formula is C30H44N2O11. The van der Waals surface area contributed by atoms with Crippen LogP contribution < -0.4 is 14.8 Å². The Morgan fingerprint density at radius 3 is 2.58 bits per heavy atom. The van der Waals surface area contributed by atoms with E-state index in [9.17, 15) is 19.2 Å². The summed E-state index contributed by atoms with van der Waals surface area (Å²) in [6.07, 6.45) is 5.15. The van der Waals surface area contributed by atoms with Gasteiger partial charge in [0.2, 0.25) is 6.79 Å². The largest absolute Gasteiger partial charge is 0.493 e. The second-order valence-corrected chi connectivity index (χ2v) is 11.0. The van der Waals surface area contributed by atoms with Gasteiger partial charge in [0.15, 0.2) is 23.2 Å². The van der Waals surface area contributed by atoms with E-state index in [0.717, 1.165) is 32.1 Å². The van der Waals surface area contributed by atoms with Crippen LogP contribution in [0, 0.1) is 17.8 Å². The summed E-state index contributed by atoms with van der Waals surface area (Å²) in [5.74, 6) is -2.54. The first-order chi connectivity index (χ1) is 20.6. The number of hydrogen-bond acceptors (Lipinski definition) is 12. The number of hydrogen-bond donors (Lipinski definition) is 1. The van der Waals surface area contributed by atoms with Crippen molar-refractivity contribution in [2.24, 2.45) is 17.8 Å². The first kappa shape index (κ1) is 34.0. The maximum atomic E-state index is 13.4. The molecule has 4 atom stereocenters. The van der Waals surface area contributed by atoms with E-state index in [0.29, 0.717) is 12.5 Å². The SMILES string of the molecule is CCOCC(=O)OCOc1c(OC)ccnc1C(=O)NC1COCC(CC2CCCC2)C(OC(=O)C(C)C)C(C)OC1=O. The number of carbonyl (C=O) groups is 4. The molecule has 13 heteroatoms. The number of cyclic esters (lactones) is 1. The summed E-state index contributed by atoms with van der Waals surface area (Å²) in [7, 11) is 1.38. The van der Waals surface area contributed by atoms with Gasteiger partial charge in [-0.15, -0.1) is 0 Å². The molecule has 1 aliphatic heterocycles. The Balaban J connectivity index is 1.74. The van der Waals surface area contributed by atoms with Gasteiger partial charge in [-0.25, -0.2) is 14.6 Å². The van der Waals surface area contributed by atoms with E-state index in [1.807, 2.05) is 0 Å². The molecule has 0 bridgehead atoms. The van der Waals surface area contributed by atoms with Gasteiger partial charge < -0.3 is 38.5 Å². The van der Waals surface area contributed by atoms with E-state index in [1.54, 1.807) is 27.7 Å². The number of rotatable bonds is 13. The van der Waals surface area contributed by atoms with Crippen LogP contribution in [0.2, 0.25) is 0 Å². The molecule has 1 aromatic heterocycles. The normalized spacial score (nSPS) is 23.0. The molecule has 2 fully saturated rings. The molecule has 2 aliphatic rings. The fraction of sp³-hybridized carbons (Fsp3) is 0.700. The first-order valence-electron chi connectivity index (χ1n) is 14.8. The average Bonchev–Trinajstić information content (AvgIpc) is 3.51. The maximum Gasteiger partial charge on any atom is 0.334 e. The van der Waals surface area contributed by atoms with E-state index in [1.165, 1.54) is 19.4 Å². The highest BCUT2D eigenvalue weighted by Crippen LogP contribution is 2.34. The lowest BCUT2D eigenvalue weighted by molar-refractivity contribution is -0.174. The van der Waals surface area contributed by atoms with Crippen molar-refractivity contribution in [1.29, 1.82) is 0 Å². The van der Waals surface area contributed by atoms with Crippen LogP contribution in [-0.2, 0) is 38.1 Å². The third-order valence-corrected chi connectivity index (χ3v) is 7.42. The monoisotopic (exact) mass is 608 g/mol. The number of ether oxygens (including phenoxy) is 7. The summed E-state index contributed by atoms with van der Waals surface area (Å²) in [4.78, 5) is 55.1. The third kappa shape index (κ3) is 10.1. The zero-order valence-electron chi connectivity index (χ0n) is 25.6. The molecule has 13 nitrogen and oxygen atoms in total. The van der Waals surface area contributed by atoms with Crippen molar-refractivity contribution in [3.8, 4) is 11.5 Å². The van der Waals surface area contributed by atoms with Crippen molar-refractivity contribution < 1.29 is 52.3 Å². The van der Waals surface area contributed by atoms with Crippen LogP contribution in [0.1, 0.15) is 70.3 Å². The summed E-state index contributed by atoms with van der Waals surface area (Å²) >= 11 is 0. The number of amides is 1. The molecule has 0 radical (unpaired) electrons. The molecule has 0 aromatic carbocycles. The summed E-state index contributed by atoms with van der Waals surface area (Å²) in [6, 6.07) is 0.280. The Labute approximate surface area is 252 Å². The first-order valence-corrected chi connectivity index (χ1v) is 14.8. The predicted octanol–water partition coefficient (Wildman–Crippen LogP) is 2.83. The molecular weight excluding hydrogens is 564 g/mol. The van der Waals surface area contributed by atoms with Gasteiger partial charge in [-0.3, -0.25) is 9.59 Å². The topological polar surface area (TPSA) is 158 Å². The summed E-state index contributed by atoms with van der Waals surface area (Å²) in [5.41, 5.74) is -0.205. The predicted molar refractivity (Wildman–Crippen MR) is 151 cm³/mol. The van der Waals surface area contributed by atoms with E-state index in [-0.39, 0.29) is 54.8 Å². The minimum Gasteiger partial charge on any atom is -0.493 e. The Hall–Kier alpha value is -3.45. The molecule has 1 N–H and O–H groups in total. The Morgan fingerprint density at radius 1 is 1.16 bits per heavy atom. The van der Waals surface area contributed by atoms with E-state index >= 15 is 0 Å². The number of pyridine rings is 1. The molecule has 43 heavy (non-hydrogen) atoms. The van der Waals surface area contributed by atoms with Gasteiger partial charge in [-0.2, -0.15) is 0 Å². The van der Waals surface area contributed by atoms with Gasteiger partial charge in [0.05, 0.1) is 26.2 Å². The zero-order valence-corrected chi connectivity index (χ0v) is 25.6. The molecule has 1 amide bonds. The van der Waals surface area contributed by atoms with Gasteiger partial charge in [0.25, 0.3) is 5.91 Å². The van der Waals surface area contributed by atoms with Crippen molar-refractivity contribution in [2.45, 2.75) is 78.0 Å². The molecule has 1 saturated heterocycles. The Kier molecular flexibility index (Phi) is 13.5. The third-order valence-electron chi connectivity index (χ3n) is 7.42. The molecule has 4 unspecified atom stereocenters. The van der Waals surface area contributed by atoms with Crippen LogP contribution in [0.3, 0.4) is 0 Å². The van der Waals surface area contributed by atoms with Crippen LogP contribution in [0.4, 0.5) is 0 Å². The standard InChI is InChI=1S/C30H44N2O11/c1-6-38-16-24(33)40-17-41-27-23(37-5)11-12-31-25(27)28(34)32-22-15-39-14-21(13-20-9-7-8-10-20)26(19(4)42-30(22)36)43-29(35)18(2)3/h11-12,18-22,26H,6-10,13-17H2,1-5H3,(H,32,34). The molecule has 1 aromatic rings. The lowest BCUT2D eigenvalue weighted by Gasteiger charge is -2.32. The van der Waals surface area contributed by atoms with E-state index in [4.69, 9.17) is 33.2 Å². The number of nitrogens with zero attached hydrogens (tertiary/aromatic N) is 1. The second-order valence-electron chi connectivity index (χ2n) is 11.0. The lowest BCUT2D eigenvalue weighted by Crippen LogP contribution is -2.47. The van der Waals surface area contributed by atoms with Gasteiger partial charge in [-0.05, 0) is 26.2 Å². The molecule has 0 spiro atoms. The Morgan fingerprint density at radius 2 is 1.91 bits per heavy atom. The molecule has 1 saturated carbocycles. The molecule has 1 aliphatic carbocycles. The lowest BCUT2D eigenvalue weighted by atomic mass is 9.87. The van der Waals surface area contributed by atoms with Gasteiger partial charge in [0, 0.05) is 24.8 Å². The van der Waals surface area contributed by atoms with Gasteiger partial charge in [0.1, 0.15) is 18.8 Å². The van der Waals surface area contributed by atoms with E-state index < -0.39 is 42.9 Å². The highest BCUT2D eigenvalue weighted by molar-refractivity contribution is 5.98. The number of nitrogens with one attached hydrogen (secondary N) is 1. The highest BCUT2D eigenvalue weighted by atomic mass is 16.7. The van der Waals surface area contributed by atoms with Crippen LogP contribution >= 0.6 is 0 Å². The minimum atomic E-state index is -1.19. The van der Waals surface area contributed by atoms with Crippen LogP contribution in [0.15, 0.2) is 12.3 Å². The summed E-state index contributed by atoms with van der Waals surface area (Å²) in [6.45, 7) is 6.53. The quantitative estimate of drug-likeness (QED) is 0.199. The number of methoxy groups -OCH3 is 1. The highest BCUT2D eigenvalue weighted by Gasteiger charge is 2.39. The minimum absolute atomic E-state index is 0.0882. The van der Waals surface area contributed by atoms with Crippen LogP contribution in [0.5, 0.6) is 11.5 Å². The maximum absolute atomic E-state index is 13.4. The second kappa shape index (κ2) is 17.0. The Bertz CT molecular complexity index is 1090. The zero-order chi connectivity index (χ0) is 31.4. The van der Waals surface area contributed by atoms with Crippen LogP contribution in [-0.4, -0.2) is 87.4 Å².